The van der Waals surface area contributed by atoms with E-state index >= 15 is 0 Å². The van der Waals surface area contributed by atoms with E-state index < -0.39 is 0 Å². The smallest absolute Gasteiger partial charge is 0.225 e. The van der Waals surface area contributed by atoms with Crippen LogP contribution in [0.25, 0.3) is 0 Å². The van der Waals surface area contributed by atoms with Gasteiger partial charge in [-0.15, -0.1) is 24.0 Å². The van der Waals surface area contributed by atoms with Gasteiger partial charge in [-0.1, -0.05) is 13.8 Å². The molecule has 1 atom stereocenters. The molecule has 1 aromatic rings. The van der Waals surface area contributed by atoms with Crippen LogP contribution in [0.3, 0.4) is 0 Å². The lowest BCUT2D eigenvalue weighted by atomic mass is 10.1. The van der Waals surface area contributed by atoms with Gasteiger partial charge >= 0.3 is 0 Å². The van der Waals surface area contributed by atoms with Crippen molar-refractivity contribution < 1.29 is 4.79 Å². The molecule has 0 saturated carbocycles. The number of aliphatic imine (C=N–C) groups is 1. The maximum atomic E-state index is 12.4. The molecule has 1 amide bonds. The Hall–Kier alpha value is -1.65. The van der Waals surface area contributed by atoms with E-state index in [2.05, 4.69) is 51.3 Å². The van der Waals surface area contributed by atoms with E-state index in [-0.39, 0.29) is 29.9 Å². The van der Waals surface area contributed by atoms with Crippen molar-refractivity contribution >= 4 is 41.8 Å². The largest absolute Gasteiger partial charge is 0.356 e. The number of hydrogen-bond acceptors (Lipinski definition) is 5. The highest BCUT2D eigenvalue weighted by molar-refractivity contribution is 14.0. The summed E-state index contributed by atoms with van der Waals surface area (Å²) in [4.78, 5) is 29.2. The van der Waals surface area contributed by atoms with Crippen LogP contribution in [0.4, 0.5) is 5.95 Å². The summed E-state index contributed by atoms with van der Waals surface area (Å²) in [6.07, 6.45) is 3.94. The second-order valence-electron chi connectivity index (χ2n) is 6.84. The minimum Gasteiger partial charge on any atom is -0.356 e. The molecule has 1 aliphatic heterocycles. The predicted octanol–water partition coefficient (Wildman–Crippen LogP) is 1.34. The normalized spacial score (nSPS) is 16.0. The van der Waals surface area contributed by atoms with Crippen LogP contribution in [0.1, 0.15) is 27.2 Å². The fourth-order valence-corrected chi connectivity index (χ4v) is 2.63. The number of hydrogen-bond donors (Lipinski definition) is 2. The zero-order chi connectivity index (χ0) is 18.9. The van der Waals surface area contributed by atoms with E-state index in [0.717, 1.165) is 25.0 Å². The molecule has 0 aliphatic carbocycles. The van der Waals surface area contributed by atoms with Gasteiger partial charge in [-0.3, -0.25) is 9.79 Å². The Morgan fingerprint density at radius 2 is 1.81 bits per heavy atom. The summed E-state index contributed by atoms with van der Waals surface area (Å²) in [5.74, 6) is 2.15. The van der Waals surface area contributed by atoms with Crippen LogP contribution in [0.15, 0.2) is 23.5 Å². The number of carbonyl (C=O) groups excluding carboxylic acids is 1. The lowest BCUT2D eigenvalue weighted by molar-refractivity contribution is -0.131. The Balaban J connectivity index is 0.00000364. The van der Waals surface area contributed by atoms with Crippen LogP contribution in [-0.2, 0) is 4.79 Å². The molecule has 9 heteroatoms. The average Bonchev–Trinajstić information content (AvgIpc) is 2.67. The average molecular weight is 489 g/mol. The Labute approximate surface area is 179 Å². The van der Waals surface area contributed by atoms with Gasteiger partial charge in [-0.2, -0.15) is 0 Å². The SMILES string of the molecule is CN=C(NCCC(=O)N1CCN(c2ncccn2)CC1)NC(C)C(C)C.I. The Kier molecular flexibility index (Phi) is 10.3. The van der Waals surface area contributed by atoms with Crippen LogP contribution in [0, 0.1) is 5.92 Å². The molecule has 27 heavy (non-hydrogen) atoms. The lowest BCUT2D eigenvalue weighted by Crippen LogP contribution is -2.50. The summed E-state index contributed by atoms with van der Waals surface area (Å²) in [5.41, 5.74) is 0. The van der Waals surface area contributed by atoms with E-state index in [1.54, 1.807) is 25.5 Å². The van der Waals surface area contributed by atoms with E-state index in [1.807, 2.05) is 4.90 Å². The first-order valence-electron chi connectivity index (χ1n) is 9.28. The molecule has 2 N–H and O–H groups in total. The number of anilines is 1. The third-order valence-corrected chi connectivity index (χ3v) is 4.69. The molecule has 0 bridgehead atoms. The predicted molar refractivity (Wildman–Crippen MR) is 120 cm³/mol. The van der Waals surface area contributed by atoms with Crippen LogP contribution >= 0.6 is 24.0 Å². The highest BCUT2D eigenvalue weighted by atomic mass is 127. The van der Waals surface area contributed by atoms with E-state index in [9.17, 15) is 4.79 Å². The second kappa shape index (κ2) is 11.9. The van der Waals surface area contributed by atoms with Crippen molar-refractivity contribution in [3.05, 3.63) is 18.5 Å². The summed E-state index contributed by atoms with van der Waals surface area (Å²) < 4.78 is 0. The van der Waals surface area contributed by atoms with Gasteiger partial charge in [0.15, 0.2) is 5.96 Å². The molecular formula is C18H32IN7O. The molecule has 152 valence electrons. The summed E-state index contributed by atoms with van der Waals surface area (Å²) in [6, 6.07) is 2.13. The van der Waals surface area contributed by atoms with E-state index in [4.69, 9.17) is 0 Å². The topological polar surface area (TPSA) is 85.8 Å². The quantitative estimate of drug-likeness (QED) is 0.357. The van der Waals surface area contributed by atoms with Crippen molar-refractivity contribution in [1.82, 2.24) is 25.5 Å². The van der Waals surface area contributed by atoms with Gasteiger partial charge in [-0.25, -0.2) is 9.97 Å². The van der Waals surface area contributed by atoms with Gasteiger partial charge in [0.2, 0.25) is 11.9 Å². The minimum absolute atomic E-state index is 0. The van der Waals surface area contributed by atoms with Gasteiger partial charge in [0, 0.05) is 64.6 Å². The van der Waals surface area contributed by atoms with Crippen molar-refractivity contribution in [2.45, 2.75) is 33.2 Å². The van der Waals surface area contributed by atoms with Crippen molar-refractivity contribution in [3.63, 3.8) is 0 Å². The number of guanidine groups is 1. The van der Waals surface area contributed by atoms with Crippen molar-refractivity contribution in [2.75, 3.05) is 44.7 Å². The van der Waals surface area contributed by atoms with Crippen molar-refractivity contribution in [1.29, 1.82) is 0 Å². The van der Waals surface area contributed by atoms with Crippen LogP contribution < -0.4 is 15.5 Å². The first-order chi connectivity index (χ1) is 12.5. The lowest BCUT2D eigenvalue weighted by Gasteiger charge is -2.34. The maximum Gasteiger partial charge on any atom is 0.225 e. The summed E-state index contributed by atoms with van der Waals surface area (Å²) in [6.45, 7) is 9.95. The maximum absolute atomic E-state index is 12.4. The summed E-state index contributed by atoms with van der Waals surface area (Å²) >= 11 is 0. The molecule has 1 aliphatic rings. The standard InChI is InChI=1S/C18H31N7O.HI/c1-14(2)15(3)23-17(19-4)20-9-6-16(26)24-10-12-25(13-11-24)18-21-7-5-8-22-18;/h5,7-8,14-15H,6,9-13H2,1-4H3,(H2,19,20,23);1H. The molecule has 0 aromatic carbocycles. The molecule has 0 radical (unpaired) electrons. The summed E-state index contributed by atoms with van der Waals surface area (Å²) in [7, 11) is 1.75. The highest BCUT2D eigenvalue weighted by Gasteiger charge is 2.22. The number of rotatable bonds is 6. The summed E-state index contributed by atoms with van der Waals surface area (Å²) in [5, 5.41) is 6.56. The number of piperazine rings is 1. The molecule has 1 saturated heterocycles. The number of aromatic nitrogens is 2. The molecule has 1 aromatic heterocycles. The molecule has 1 fully saturated rings. The molecule has 2 heterocycles. The minimum atomic E-state index is 0. The van der Waals surface area contributed by atoms with E-state index in [0.29, 0.717) is 38.0 Å². The molecule has 1 unspecified atom stereocenters. The third kappa shape index (κ3) is 7.47. The number of nitrogens with one attached hydrogen (secondary N) is 2. The van der Waals surface area contributed by atoms with Crippen LogP contribution in [-0.4, -0.2) is 72.5 Å². The Bertz CT molecular complexity index is 589. The van der Waals surface area contributed by atoms with Crippen LogP contribution in [0.5, 0.6) is 0 Å². The second-order valence-corrected chi connectivity index (χ2v) is 6.84. The van der Waals surface area contributed by atoms with Crippen molar-refractivity contribution in [2.24, 2.45) is 10.9 Å². The fourth-order valence-electron chi connectivity index (χ4n) is 2.63. The van der Waals surface area contributed by atoms with Gasteiger partial charge < -0.3 is 20.4 Å². The fraction of sp³-hybridized carbons (Fsp3) is 0.667. The van der Waals surface area contributed by atoms with Crippen molar-refractivity contribution in [3.8, 4) is 0 Å². The monoisotopic (exact) mass is 489 g/mol. The Morgan fingerprint density at radius 1 is 1.19 bits per heavy atom. The number of amides is 1. The molecule has 8 nitrogen and oxygen atoms in total. The number of nitrogens with zero attached hydrogens (tertiary/aromatic N) is 5. The highest BCUT2D eigenvalue weighted by Crippen LogP contribution is 2.10. The Morgan fingerprint density at radius 3 is 2.37 bits per heavy atom. The van der Waals surface area contributed by atoms with Gasteiger partial charge in [0.1, 0.15) is 0 Å². The third-order valence-electron chi connectivity index (χ3n) is 4.69. The molecule has 0 spiro atoms. The first kappa shape index (κ1) is 23.4. The zero-order valence-corrected chi connectivity index (χ0v) is 19.0. The first-order valence-corrected chi connectivity index (χ1v) is 9.28. The van der Waals surface area contributed by atoms with E-state index in [1.165, 1.54) is 0 Å². The molecule has 2 rings (SSSR count). The number of halogens is 1. The van der Waals surface area contributed by atoms with Gasteiger partial charge in [-0.05, 0) is 18.9 Å². The van der Waals surface area contributed by atoms with Crippen LogP contribution in [0.2, 0.25) is 0 Å². The van der Waals surface area contributed by atoms with Gasteiger partial charge in [0.25, 0.3) is 0 Å². The van der Waals surface area contributed by atoms with Gasteiger partial charge in [0.05, 0.1) is 0 Å². The number of carbonyl (C=O) groups is 1. The molecular weight excluding hydrogens is 457 g/mol. The zero-order valence-electron chi connectivity index (χ0n) is 16.7.